The standard InChI is InChI=1S/C16H32NO4P/c1-12(16(11-21-22)19-7-8-20-16)9-13(17-18)15(5,6)10-14(2,3)4/h12-13H,7-11,22H2,1-6H3. The molecular weight excluding hydrogens is 301 g/mol. The Labute approximate surface area is 137 Å². The van der Waals surface area contributed by atoms with E-state index in [2.05, 4.69) is 49.3 Å². The Morgan fingerprint density at radius 1 is 1.23 bits per heavy atom. The Morgan fingerprint density at radius 2 is 1.77 bits per heavy atom. The Morgan fingerprint density at radius 3 is 2.18 bits per heavy atom. The Hall–Kier alpha value is -0.0900. The zero-order chi connectivity index (χ0) is 17.0. The van der Waals surface area contributed by atoms with E-state index >= 15 is 0 Å². The predicted molar refractivity (Wildman–Crippen MR) is 91.5 cm³/mol. The first kappa shape index (κ1) is 20.0. The first-order chi connectivity index (χ1) is 10.1. The topological polar surface area (TPSA) is 57.1 Å². The van der Waals surface area contributed by atoms with Crippen LogP contribution >= 0.6 is 9.47 Å². The Bertz CT molecular complexity index is 362. The molecular formula is C16H32NO4P. The van der Waals surface area contributed by atoms with Gasteiger partial charge in [-0.15, -0.1) is 0 Å². The molecule has 1 heterocycles. The lowest BCUT2D eigenvalue weighted by Gasteiger charge is -2.39. The van der Waals surface area contributed by atoms with Crippen molar-refractivity contribution in [3.05, 3.63) is 4.91 Å². The van der Waals surface area contributed by atoms with Crippen molar-refractivity contribution in [2.75, 3.05) is 19.8 Å². The van der Waals surface area contributed by atoms with Gasteiger partial charge in [-0.05, 0) is 23.7 Å². The van der Waals surface area contributed by atoms with Crippen molar-refractivity contribution < 1.29 is 14.0 Å². The quantitative estimate of drug-likeness (QED) is 0.494. The second-order valence-corrected chi connectivity index (χ2v) is 8.64. The van der Waals surface area contributed by atoms with Crippen LogP contribution in [0.2, 0.25) is 0 Å². The molecule has 130 valence electrons. The van der Waals surface area contributed by atoms with Gasteiger partial charge in [0.25, 0.3) is 0 Å². The first-order valence-electron chi connectivity index (χ1n) is 7.98. The van der Waals surface area contributed by atoms with Gasteiger partial charge in [-0.1, -0.05) is 46.7 Å². The minimum Gasteiger partial charge on any atom is -0.360 e. The van der Waals surface area contributed by atoms with Crippen LogP contribution in [0.15, 0.2) is 5.18 Å². The summed E-state index contributed by atoms with van der Waals surface area (Å²) in [6.07, 6.45) is 1.55. The van der Waals surface area contributed by atoms with Crippen molar-refractivity contribution >= 4 is 9.47 Å². The maximum absolute atomic E-state index is 11.5. The van der Waals surface area contributed by atoms with E-state index in [0.717, 1.165) is 6.42 Å². The molecule has 0 aliphatic carbocycles. The van der Waals surface area contributed by atoms with Gasteiger partial charge in [-0.2, -0.15) is 4.91 Å². The zero-order valence-electron chi connectivity index (χ0n) is 14.8. The zero-order valence-corrected chi connectivity index (χ0v) is 16.0. The van der Waals surface area contributed by atoms with Crippen molar-refractivity contribution in [3.63, 3.8) is 0 Å². The molecule has 1 fully saturated rings. The van der Waals surface area contributed by atoms with Gasteiger partial charge in [0.05, 0.1) is 19.3 Å². The second kappa shape index (κ2) is 7.65. The van der Waals surface area contributed by atoms with Gasteiger partial charge in [-0.3, -0.25) is 0 Å². The van der Waals surface area contributed by atoms with Crippen LogP contribution in [0.5, 0.6) is 0 Å². The van der Waals surface area contributed by atoms with E-state index in [0.29, 0.717) is 26.2 Å². The van der Waals surface area contributed by atoms with Crippen LogP contribution in [0.3, 0.4) is 0 Å². The molecule has 0 saturated carbocycles. The molecule has 1 saturated heterocycles. The molecule has 1 rings (SSSR count). The van der Waals surface area contributed by atoms with E-state index in [1.165, 1.54) is 0 Å². The average Bonchev–Trinajstić information content (AvgIpc) is 2.82. The lowest BCUT2D eigenvalue weighted by atomic mass is 9.70. The van der Waals surface area contributed by atoms with Crippen molar-refractivity contribution in [3.8, 4) is 0 Å². The molecule has 0 aromatic carbocycles. The lowest BCUT2D eigenvalue weighted by molar-refractivity contribution is -0.210. The smallest absolute Gasteiger partial charge is 0.194 e. The Balaban J connectivity index is 2.81. The molecule has 0 aromatic heterocycles. The van der Waals surface area contributed by atoms with Crippen LogP contribution < -0.4 is 0 Å². The summed E-state index contributed by atoms with van der Waals surface area (Å²) in [5.74, 6) is -0.736. The average molecular weight is 333 g/mol. The lowest BCUT2D eigenvalue weighted by Crippen LogP contribution is -2.45. The third-order valence-electron chi connectivity index (χ3n) is 4.40. The molecule has 0 radical (unpaired) electrons. The van der Waals surface area contributed by atoms with Crippen LogP contribution in [0, 0.1) is 21.7 Å². The normalized spacial score (nSPS) is 21.6. The summed E-state index contributed by atoms with van der Waals surface area (Å²) in [5, 5.41) is 3.44. The van der Waals surface area contributed by atoms with Crippen molar-refractivity contribution in [2.24, 2.45) is 21.9 Å². The number of nitrogens with zero attached hydrogens (tertiary/aromatic N) is 1. The fourth-order valence-corrected chi connectivity index (χ4v) is 3.83. The molecule has 0 N–H and O–H groups in total. The molecule has 22 heavy (non-hydrogen) atoms. The van der Waals surface area contributed by atoms with Crippen LogP contribution in [0.1, 0.15) is 54.4 Å². The van der Waals surface area contributed by atoms with Crippen molar-refractivity contribution in [1.29, 1.82) is 0 Å². The van der Waals surface area contributed by atoms with Crippen LogP contribution in [-0.2, 0) is 14.0 Å². The van der Waals surface area contributed by atoms with Crippen molar-refractivity contribution in [1.82, 2.24) is 0 Å². The van der Waals surface area contributed by atoms with E-state index in [1.54, 1.807) is 0 Å². The molecule has 3 atom stereocenters. The highest BCUT2D eigenvalue weighted by Crippen LogP contribution is 2.42. The minimum atomic E-state index is -0.761. The molecule has 0 bridgehead atoms. The van der Waals surface area contributed by atoms with Gasteiger partial charge in [-0.25, -0.2) is 0 Å². The van der Waals surface area contributed by atoms with E-state index in [9.17, 15) is 4.91 Å². The van der Waals surface area contributed by atoms with Gasteiger partial charge >= 0.3 is 0 Å². The number of rotatable bonds is 8. The Kier molecular flexibility index (Phi) is 6.94. The third-order valence-corrected chi connectivity index (χ3v) is 4.57. The van der Waals surface area contributed by atoms with Gasteiger partial charge in [0.15, 0.2) is 5.79 Å². The summed E-state index contributed by atoms with van der Waals surface area (Å²) in [6, 6.07) is -0.282. The minimum absolute atomic E-state index is 0.0255. The maximum atomic E-state index is 11.5. The van der Waals surface area contributed by atoms with E-state index in [1.807, 2.05) is 6.92 Å². The third kappa shape index (κ3) is 5.23. The number of ether oxygens (including phenoxy) is 2. The van der Waals surface area contributed by atoms with Crippen LogP contribution in [0.25, 0.3) is 0 Å². The summed E-state index contributed by atoms with van der Waals surface area (Å²) in [7, 11) is 2.23. The summed E-state index contributed by atoms with van der Waals surface area (Å²) in [5.41, 5.74) is -0.0211. The molecule has 1 aliphatic heterocycles. The summed E-state index contributed by atoms with van der Waals surface area (Å²) in [4.78, 5) is 11.5. The van der Waals surface area contributed by atoms with E-state index in [-0.39, 0.29) is 22.8 Å². The van der Waals surface area contributed by atoms with Crippen LogP contribution in [-0.4, -0.2) is 31.6 Å². The SMILES string of the molecule is CC(CC(N=O)C(C)(C)CC(C)(C)C)C1(COP)OCCO1. The first-order valence-corrected chi connectivity index (χ1v) is 8.45. The fraction of sp³-hybridized carbons (Fsp3) is 1.00. The maximum Gasteiger partial charge on any atom is 0.194 e. The highest BCUT2D eigenvalue weighted by molar-refractivity contribution is 7.09. The van der Waals surface area contributed by atoms with Crippen molar-refractivity contribution in [2.45, 2.75) is 66.2 Å². The van der Waals surface area contributed by atoms with Gasteiger partial charge in [0.2, 0.25) is 0 Å². The summed E-state index contributed by atoms with van der Waals surface area (Å²) < 4.78 is 16.8. The number of nitroso groups, excluding NO2 is 1. The molecule has 6 heteroatoms. The fourth-order valence-electron chi connectivity index (χ4n) is 3.60. The van der Waals surface area contributed by atoms with Gasteiger partial charge in [0, 0.05) is 15.4 Å². The highest BCUT2D eigenvalue weighted by Gasteiger charge is 2.45. The number of hydrogen-bond acceptors (Lipinski definition) is 5. The van der Waals surface area contributed by atoms with E-state index in [4.69, 9.17) is 14.0 Å². The molecule has 0 spiro atoms. The molecule has 0 aromatic rings. The molecule has 5 nitrogen and oxygen atoms in total. The molecule has 0 amide bonds. The molecule has 1 aliphatic rings. The second-order valence-electron chi connectivity index (χ2n) is 8.30. The summed E-state index contributed by atoms with van der Waals surface area (Å²) >= 11 is 0. The molecule has 3 unspecified atom stereocenters. The predicted octanol–water partition coefficient (Wildman–Crippen LogP) is 4.16. The number of hydrogen-bond donors (Lipinski definition) is 0. The monoisotopic (exact) mass is 333 g/mol. The van der Waals surface area contributed by atoms with Gasteiger partial charge < -0.3 is 14.0 Å². The highest BCUT2D eigenvalue weighted by atomic mass is 31.0. The van der Waals surface area contributed by atoms with E-state index < -0.39 is 5.79 Å². The van der Waals surface area contributed by atoms with Gasteiger partial charge in [0.1, 0.15) is 6.61 Å². The summed E-state index contributed by atoms with van der Waals surface area (Å²) in [6.45, 7) is 14.3. The van der Waals surface area contributed by atoms with Crippen LogP contribution in [0.4, 0.5) is 0 Å². The largest absolute Gasteiger partial charge is 0.360 e.